The van der Waals surface area contributed by atoms with Gasteiger partial charge in [-0.3, -0.25) is 4.79 Å². The van der Waals surface area contributed by atoms with Crippen molar-refractivity contribution in [1.82, 2.24) is 4.98 Å². The third kappa shape index (κ3) is 2.89. The fraction of sp³-hybridized carbons (Fsp3) is 0.636. The summed E-state index contributed by atoms with van der Waals surface area (Å²) in [6.45, 7) is 2.12. The zero-order valence-electron chi connectivity index (χ0n) is 10.3. The van der Waals surface area contributed by atoms with Gasteiger partial charge in [-0.15, -0.1) is 11.3 Å². The van der Waals surface area contributed by atoms with Crippen LogP contribution in [0, 0.1) is 0 Å². The molecule has 0 radical (unpaired) electrons. The number of aromatic nitrogens is 1. The Morgan fingerprint density at radius 1 is 1.56 bits per heavy atom. The smallest absolute Gasteiger partial charge is 0.315 e. The number of thiazole rings is 1. The minimum absolute atomic E-state index is 0.0553. The quantitative estimate of drug-likeness (QED) is 0.781. The molecule has 100 valence electrons. The van der Waals surface area contributed by atoms with Gasteiger partial charge in [-0.05, 0) is 19.8 Å². The van der Waals surface area contributed by atoms with Gasteiger partial charge in [-0.25, -0.2) is 13.4 Å². The number of sulfone groups is 1. The number of carbonyl (C=O) groups is 1. The lowest BCUT2D eigenvalue weighted by atomic mass is 10.1. The predicted octanol–water partition coefficient (Wildman–Crippen LogP) is 1.28. The maximum atomic E-state index is 11.7. The Bertz CT molecular complexity index is 562. The van der Waals surface area contributed by atoms with E-state index in [1.807, 2.05) is 0 Å². The highest BCUT2D eigenvalue weighted by Gasteiger charge is 2.33. The first-order valence-electron chi connectivity index (χ1n) is 5.73. The topological polar surface area (TPSA) is 73.3 Å². The molecule has 2 rings (SSSR count). The van der Waals surface area contributed by atoms with Crippen molar-refractivity contribution in [3.05, 3.63) is 15.6 Å². The molecule has 0 amide bonds. The summed E-state index contributed by atoms with van der Waals surface area (Å²) in [4.78, 5) is 17.0. The van der Waals surface area contributed by atoms with Crippen LogP contribution in [0.1, 0.15) is 34.8 Å². The van der Waals surface area contributed by atoms with Crippen LogP contribution < -0.4 is 0 Å². The Labute approximate surface area is 110 Å². The molecular formula is C11H15NO4S2. The number of fused-ring (bicyclic) bond motifs is 1. The molecular weight excluding hydrogens is 274 g/mol. The van der Waals surface area contributed by atoms with Gasteiger partial charge in [-0.1, -0.05) is 0 Å². The molecule has 0 spiro atoms. The molecule has 0 saturated carbocycles. The molecule has 0 fully saturated rings. The Kier molecular flexibility index (Phi) is 3.72. The summed E-state index contributed by atoms with van der Waals surface area (Å²) < 4.78 is 27.4. The van der Waals surface area contributed by atoms with Gasteiger partial charge >= 0.3 is 5.97 Å². The van der Waals surface area contributed by atoms with Gasteiger partial charge in [-0.2, -0.15) is 0 Å². The van der Waals surface area contributed by atoms with Gasteiger partial charge < -0.3 is 4.74 Å². The van der Waals surface area contributed by atoms with E-state index in [4.69, 9.17) is 4.74 Å². The van der Waals surface area contributed by atoms with Crippen molar-refractivity contribution in [2.24, 2.45) is 0 Å². The number of rotatable bonds is 4. The predicted molar refractivity (Wildman–Crippen MR) is 68.4 cm³/mol. The average Bonchev–Trinajstić information content (AvgIpc) is 2.73. The maximum absolute atomic E-state index is 11.7. The molecule has 1 aromatic rings. The van der Waals surface area contributed by atoms with Crippen molar-refractivity contribution in [2.75, 3.05) is 12.9 Å². The van der Waals surface area contributed by atoms with E-state index >= 15 is 0 Å². The molecule has 1 atom stereocenters. The van der Waals surface area contributed by atoms with E-state index in [1.165, 1.54) is 17.6 Å². The fourth-order valence-electron chi connectivity index (χ4n) is 2.04. The first-order chi connectivity index (χ1) is 8.40. The monoisotopic (exact) mass is 289 g/mol. The van der Waals surface area contributed by atoms with Crippen molar-refractivity contribution in [3.8, 4) is 0 Å². The van der Waals surface area contributed by atoms with Crippen molar-refractivity contribution in [3.63, 3.8) is 0 Å². The molecule has 18 heavy (non-hydrogen) atoms. The second-order valence-electron chi connectivity index (χ2n) is 4.33. The van der Waals surface area contributed by atoms with Crippen LogP contribution in [0.3, 0.4) is 0 Å². The Hall–Kier alpha value is -0.950. The van der Waals surface area contributed by atoms with Crippen LogP contribution in [-0.4, -0.2) is 32.2 Å². The van der Waals surface area contributed by atoms with Crippen molar-refractivity contribution in [2.45, 2.75) is 31.4 Å². The van der Waals surface area contributed by atoms with Crippen LogP contribution in [0.5, 0.6) is 0 Å². The zero-order chi connectivity index (χ0) is 13.3. The Morgan fingerprint density at radius 2 is 2.28 bits per heavy atom. The molecule has 0 aliphatic heterocycles. The number of esters is 1. The van der Waals surface area contributed by atoms with E-state index in [-0.39, 0.29) is 17.6 Å². The van der Waals surface area contributed by atoms with E-state index in [9.17, 15) is 13.2 Å². The molecule has 1 heterocycles. The summed E-state index contributed by atoms with van der Waals surface area (Å²) in [5.74, 6) is -0.628. The van der Waals surface area contributed by atoms with E-state index in [0.29, 0.717) is 18.0 Å². The molecule has 1 unspecified atom stereocenters. The molecule has 5 nitrogen and oxygen atoms in total. The highest BCUT2D eigenvalue weighted by molar-refractivity contribution is 7.90. The van der Waals surface area contributed by atoms with Crippen molar-refractivity contribution in [1.29, 1.82) is 0 Å². The van der Waals surface area contributed by atoms with E-state index in [1.54, 1.807) is 6.92 Å². The molecule has 7 heteroatoms. The summed E-state index contributed by atoms with van der Waals surface area (Å²) in [7, 11) is -3.08. The minimum Gasteiger partial charge on any atom is -0.465 e. The lowest BCUT2D eigenvalue weighted by Crippen LogP contribution is -2.14. The summed E-state index contributed by atoms with van der Waals surface area (Å²) in [6, 6.07) is 0. The normalized spacial score (nSPS) is 18.7. The van der Waals surface area contributed by atoms with Gasteiger partial charge in [0.2, 0.25) is 0 Å². The number of carbonyl (C=O) groups excluding carboxylic acids is 1. The van der Waals surface area contributed by atoms with Crippen LogP contribution in [-0.2, 0) is 31.5 Å². The lowest BCUT2D eigenvalue weighted by molar-refractivity contribution is -0.145. The molecule has 0 bridgehead atoms. The summed E-state index contributed by atoms with van der Waals surface area (Å²) in [5, 5.41) is 0.566. The largest absolute Gasteiger partial charge is 0.465 e. The van der Waals surface area contributed by atoms with E-state index in [0.717, 1.165) is 17.0 Å². The minimum atomic E-state index is -3.08. The van der Waals surface area contributed by atoms with Gasteiger partial charge in [0, 0.05) is 11.1 Å². The van der Waals surface area contributed by atoms with Gasteiger partial charge in [0.1, 0.15) is 16.7 Å². The summed E-state index contributed by atoms with van der Waals surface area (Å²) >= 11 is 1.39. The van der Waals surface area contributed by atoms with Crippen molar-refractivity contribution < 1.29 is 17.9 Å². The number of hydrogen-bond donors (Lipinski definition) is 0. The number of hydrogen-bond acceptors (Lipinski definition) is 6. The molecule has 0 saturated heterocycles. The van der Waals surface area contributed by atoms with Gasteiger partial charge in [0.25, 0.3) is 0 Å². The Morgan fingerprint density at radius 3 is 2.89 bits per heavy atom. The zero-order valence-corrected chi connectivity index (χ0v) is 11.9. The molecule has 1 aliphatic carbocycles. The summed E-state index contributed by atoms with van der Waals surface area (Å²) in [5.41, 5.74) is 0.720. The highest BCUT2D eigenvalue weighted by Crippen LogP contribution is 2.37. The third-order valence-corrected chi connectivity index (χ3v) is 4.83. The first kappa shape index (κ1) is 13.5. The summed E-state index contributed by atoms with van der Waals surface area (Å²) in [6.07, 6.45) is 2.68. The van der Waals surface area contributed by atoms with Gasteiger partial charge in [0.15, 0.2) is 9.84 Å². The number of nitrogens with zero attached hydrogens (tertiary/aromatic N) is 1. The fourth-order valence-corrected chi connectivity index (χ4v) is 4.37. The van der Waals surface area contributed by atoms with E-state index in [2.05, 4.69) is 4.98 Å². The maximum Gasteiger partial charge on any atom is 0.315 e. The van der Waals surface area contributed by atoms with E-state index < -0.39 is 9.84 Å². The number of aryl methyl sites for hydroxylation is 1. The number of ether oxygens (including phenoxy) is 1. The van der Waals surface area contributed by atoms with Crippen molar-refractivity contribution >= 4 is 27.1 Å². The van der Waals surface area contributed by atoms with Crippen LogP contribution >= 0.6 is 11.3 Å². The van der Waals surface area contributed by atoms with Crippen LogP contribution in [0.25, 0.3) is 0 Å². The second kappa shape index (κ2) is 4.97. The Balaban J connectivity index is 2.20. The molecule has 0 N–H and O–H groups in total. The highest BCUT2D eigenvalue weighted by atomic mass is 32.2. The lowest BCUT2D eigenvalue weighted by Gasteiger charge is -2.07. The molecule has 1 aliphatic rings. The molecule has 1 aromatic heterocycles. The SMILES string of the molecule is CCOC(=O)C1CCc2sc(CS(C)(=O)=O)nc21. The molecule has 0 aromatic carbocycles. The third-order valence-electron chi connectivity index (χ3n) is 2.72. The first-order valence-corrected chi connectivity index (χ1v) is 8.61. The second-order valence-corrected chi connectivity index (χ2v) is 7.64. The van der Waals surface area contributed by atoms with Crippen LogP contribution in [0.4, 0.5) is 0 Å². The van der Waals surface area contributed by atoms with Crippen LogP contribution in [0.15, 0.2) is 0 Å². The standard InChI is InChI=1S/C11H15NO4S2/c1-3-16-11(13)7-4-5-8-10(7)12-9(17-8)6-18(2,14)15/h7H,3-6H2,1-2H3. The van der Waals surface area contributed by atoms with Crippen LogP contribution in [0.2, 0.25) is 0 Å². The average molecular weight is 289 g/mol. The van der Waals surface area contributed by atoms with Gasteiger partial charge in [0.05, 0.1) is 12.3 Å².